The molecule has 1 atom stereocenters. The summed E-state index contributed by atoms with van der Waals surface area (Å²) in [5.41, 5.74) is 1.91. The fraction of sp³-hybridized carbons (Fsp3) is 0.417. The number of ether oxygens (including phenoxy) is 2. The minimum Gasteiger partial charge on any atom is -0.497 e. The molecule has 1 fully saturated rings. The Kier molecular flexibility index (Phi) is 8.10. The number of rotatable bonds is 9. The van der Waals surface area contributed by atoms with Crippen molar-refractivity contribution in [2.45, 2.75) is 39.0 Å². The van der Waals surface area contributed by atoms with Gasteiger partial charge in [0.25, 0.3) is 0 Å². The molecule has 33 heavy (non-hydrogen) atoms. The molecule has 1 unspecified atom stereocenters. The smallest absolute Gasteiger partial charge is 0.338 e. The maximum atomic E-state index is 12.8. The summed E-state index contributed by atoms with van der Waals surface area (Å²) in [6.07, 6.45) is 0.284. The van der Waals surface area contributed by atoms with Crippen molar-refractivity contribution >= 4 is 27.4 Å². The Morgan fingerprint density at radius 3 is 2.30 bits per heavy atom. The van der Waals surface area contributed by atoms with E-state index in [1.807, 2.05) is 29.2 Å². The maximum absolute atomic E-state index is 12.8. The molecule has 0 saturated carbocycles. The van der Waals surface area contributed by atoms with Crippen LogP contribution < -0.4 is 10.1 Å². The molecule has 1 N–H and O–H groups in total. The third kappa shape index (κ3) is 7.30. The predicted octanol–water partition coefficient (Wildman–Crippen LogP) is 2.89. The van der Waals surface area contributed by atoms with E-state index in [-0.39, 0.29) is 36.1 Å². The standard InChI is InChI=1S/C24H30N2O6S/c1-17(2)32-24(28)19-6-8-20(9-7-19)25-23(27)15-26(21-12-13-33(29,30)16-21)14-18-4-10-22(31-3)11-5-18/h4-11,17,21H,12-16H2,1-3H3,(H,25,27). The Labute approximate surface area is 194 Å². The highest BCUT2D eigenvalue weighted by Gasteiger charge is 2.33. The largest absolute Gasteiger partial charge is 0.497 e. The van der Waals surface area contributed by atoms with Crippen LogP contribution in [0.5, 0.6) is 5.75 Å². The van der Waals surface area contributed by atoms with Crippen LogP contribution in [0.25, 0.3) is 0 Å². The quantitative estimate of drug-likeness (QED) is 0.558. The number of anilines is 1. The van der Waals surface area contributed by atoms with Crippen molar-refractivity contribution in [2.24, 2.45) is 0 Å². The van der Waals surface area contributed by atoms with Gasteiger partial charge in [-0.25, -0.2) is 13.2 Å². The van der Waals surface area contributed by atoms with Gasteiger partial charge in [0.2, 0.25) is 5.91 Å². The number of carbonyl (C=O) groups is 2. The number of benzene rings is 2. The zero-order valence-electron chi connectivity index (χ0n) is 19.1. The Hall–Kier alpha value is -2.91. The Morgan fingerprint density at radius 2 is 1.76 bits per heavy atom. The average molecular weight is 475 g/mol. The second-order valence-corrected chi connectivity index (χ2v) is 10.6. The number of nitrogens with zero attached hydrogens (tertiary/aromatic N) is 1. The van der Waals surface area contributed by atoms with Crippen molar-refractivity contribution in [3.63, 3.8) is 0 Å². The lowest BCUT2D eigenvalue weighted by molar-refractivity contribution is -0.117. The van der Waals surface area contributed by atoms with E-state index in [0.29, 0.717) is 24.2 Å². The normalized spacial score (nSPS) is 17.2. The Morgan fingerprint density at radius 1 is 1.09 bits per heavy atom. The molecule has 1 aliphatic rings. The van der Waals surface area contributed by atoms with Crippen LogP contribution in [-0.2, 0) is 25.9 Å². The first kappa shape index (κ1) is 24.7. The van der Waals surface area contributed by atoms with Crippen LogP contribution in [0.15, 0.2) is 48.5 Å². The number of nitrogens with one attached hydrogen (secondary N) is 1. The van der Waals surface area contributed by atoms with Crippen molar-refractivity contribution in [2.75, 3.05) is 30.5 Å². The van der Waals surface area contributed by atoms with Gasteiger partial charge in [-0.15, -0.1) is 0 Å². The van der Waals surface area contributed by atoms with Gasteiger partial charge in [-0.2, -0.15) is 0 Å². The molecule has 0 radical (unpaired) electrons. The predicted molar refractivity (Wildman–Crippen MR) is 126 cm³/mol. The summed E-state index contributed by atoms with van der Waals surface area (Å²) in [5, 5.41) is 2.83. The van der Waals surface area contributed by atoms with Crippen LogP contribution in [0.2, 0.25) is 0 Å². The average Bonchev–Trinajstić information content (AvgIpc) is 3.13. The van der Waals surface area contributed by atoms with E-state index in [0.717, 1.165) is 11.3 Å². The topological polar surface area (TPSA) is 102 Å². The maximum Gasteiger partial charge on any atom is 0.338 e. The summed E-state index contributed by atoms with van der Waals surface area (Å²) in [5.74, 6) is 0.226. The molecule has 0 aliphatic carbocycles. The van der Waals surface area contributed by atoms with E-state index >= 15 is 0 Å². The molecule has 8 nitrogen and oxygen atoms in total. The second kappa shape index (κ2) is 10.8. The summed E-state index contributed by atoms with van der Waals surface area (Å²) in [6.45, 7) is 4.04. The van der Waals surface area contributed by atoms with Crippen LogP contribution in [0.4, 0.5) is 5.69 Å². The van der Waals surface area contributed by atoms with Gasteiger partial charge in [-0.05, 0) is 62.2 Å². The number of hydrogen-bond acceptors (Lipinski definition) is 7. The molecular formula is C24H30N2O6S. The first-order valence-corrected chi connectivity index (χ1v) is 12.7. The Bertz CT molecular complexity index is 1070. The third-order valence-corrected chi connectivity index (χ3v) is 7.11. The van der Waals surface area contributed by atoms with E-state index in [2.05, 4.69) is 5.32 Å². The highest BCUT2D eigenvalue weighted by Crippen LogP contribution is 2.21. The van der Waals surface area contributed by atoms with Gasteiger partial charge in [0.1, 0.15) is 5.75 Å². The molecular weight excluding hydrogens is 444 g/mol. The molecule has 9 heteroatoms. The number of sulfone groups is 1. The molecule has 0 aromatic heterocycles. The SMILES string of the molecule is COc1ccc(CN(CC(=O)Nc2ccc(C(=O)OC(C)C)cc2)C2CCS(=O)(=O)C2)cc1. The van der Waals surface area contributed by atoms with E-state index < -0.39 is 15.8 Å². The number of hydrogen-bond donors (Lipinski definition) is 1. The monoisotopic (exact) mass is 474 g/mol. The van der Waals surface area contributed by atoms with Crippen LogP contribution in [-0.4, -0.2) is 62.5 Å². The molecule has 2 aromatic rings. The molecule has 1 saturated heterocycles. The minimum atomic E-state index is -3.10. The number of esters is 1. The molecule has 3 rings (SSSR count). The molecule has 1 amide bonds. The molecule has 1 aliphatic heterocycles. The summed E-state index contributed by atoms with van der Waals surface area (Å²) < 4.78 is 34.4. The number of amides is 1. The van der Waals surface area contributed by atoms with Gasteiger partial charge in [0.05, 0.1) is 36.8 Å². The van der Waals surface area contributed by atoms with Crippen molar-refractivity contribution in [3.8, 4) is 5.75 Å². The van der Waals surface area contributed by atoms with E-state index in [9.17, 15) is 18.0 Å². The lowest BCUT2D eigenvalue weighted by atomic mass is 10.1. The highest BCUT2D eigenvalue weighted by molar-refractivity contribution is 7.91. The van der Waals surface area contributed by atoms with Crippen LogP contribution in [0.3, 0.4) is 0 Å². The first-order valence-electron chi connectivity index (χ1n) is 10.8. The summed E-state index contributed by atoms with van der Waals surface area (Å²) in [4.78, 5) is 26.7. The molecule has 0 spiro atoms. The van der Waals surface area contributed by atoms with E-state index in [1.165, 1.54) is 0 Å². The molecule has 178 valence electrons. The highest BCUT2D eigenvalue weighted by atomic mass is 32.2. The van der Waals surface area contributed by atoms with Crippen LogP contribution >= 0.6 is 0 Å². The fourth-order valence-electron chi connectivity index (χ4n) is 3.70. The van der Waals surface area contributed by atoms with Crippen LogP contribution in [0.1, 0.15) is 36.2 Å². The Balaban J connectivity index is 1.67. The lowest BCUT2D eigenvalue weighted by Crippen LogP contribution is -2.41. The van der Waals surface area contributed by atoms with Gasteiger partial charge in [0.15, 0.2) is 9.84 Å². The van der Waals surface area contributed by atoms with Gasteiger partial charge >= 0.3 is 5.97 Å². The van der Waals surface area contributed by atoms with Gasteiger partial charge in [0, 0.05) is 18.3 Å². The van der Waals surface area contributed by atoms with E-state index in [1.54, 1.807) is 45.2 Å². The number of methoxy groups -OCH3 is 1. The van der Waals surface area contributed by atoms with Crippen molar-refractivity contribution < 1.29 is 27.5 Å². The number of carbonyl (C=O) groups excluding carboxylic acids is 2. The fourth-order valence-corrected chi connectivity index (χ4v) is 5.46. The summed E-state index contributed by atoms with van der Waals surface area (Å²) in [6, 6.07) is 13.7. The van der Waals surface area contributed by atoms with E-state index in [4.69, 9.17) is 9.47 Å². The van der Waals surface area contributed by atoms with Gasteiger partial charge in [-0.1, -0.05) is 12.1 Å². The van der Waals surface area contributed by atoms with Crippen LogP contribution in [0, 0.1) is 0 Å². The molecule has 2 aromatic carbocycles. The summed E-state index contributed by atoms with van der Waals surface area (Å²) in [7, 11) is -1.50. The summed E-state index contributed by atoms with van der Waals surface area (Å²) >= 11 is 0. The van der Waals surface area contributed by atoms with Crippen molar-refractivity contribution in [1.82, 2.24) is 4.90 Å². The van der Waals surface area contributed by atoms with Crippen molar-refractivity contribution in [3.05, 3.63) is 59.7 Å². The zero-order chi connectivity index (χ0) is 24.0. The van der Waals surface area contributed by atoms with Gasteiger partial charge in [-0.3, -0.25) is 9.69 Å². The lowest BCUT2D eigenvalue weighted by Gasteiger charge is -2.27. The third-order valence-electron chi connectivity index (χ3n) is 5.36. The van der Waals surface area contributed by atoms with Gasteiger partial charge < -0.3 is 14.8 Å². The zero-order valence-corrected chi connectivity index (χ0v) is 19.9. The second-order valence-electron chi connectivity index (χ2n) is 8.39. The minimum absolute atomic E-state index is 0.0447. The first-order chi connectivity index (χ1) is 15.6. The van der Waals surface area contributed by atoms with Crippen molar-refractivity contribution in [1.29, 1.82) is 0 Å². The molecule has 1 heterocycles. The molecule has 0 bridgehead atoms.